The molecule has 0 unspecified atom stereocenters. The van der Waals surface area contributed by atoms with Gasteiger partial charge in [-0.2, -0.15) is 0 Å². The molecule has 1 aromatic heterocycles. The number of anilines is 2. The number of carbonyl (C=O) groups is 1. The summed E-state index contributed by atoms with van der Waals surface area (Å²) in [6.07, 6.45) is 3.38. The molecule has 0 aliphatic carbocycles. The zero-order chi connectivity index (χ0) is 15.6. The van der Waals surface area contributed by atoms with Crippen LogP contribution in [0.4, 0.5) is 11.6 Å². The summed E-state index contributed by atoms with van der Waals surface area (Å²) in [5, 5.41) is 14.0. The first-order chi connectivity index (χ1) is 10.8. The molecule has 2 rings (SSSR count). The van der Waals surface area contributed by atoms with Crippen molar-refractivity contribution >= 4 is 17.5 Å². The molecule has 1 heterocycles. The van der Waals surface area contributed by atoms with Crippen molar-refractivity contribution in [3.8, 4) is 0 Å². The van der Waals surface area contributed by atoms with Crippen LogP contribution in [0.15, 0.2) is 42.5 Å². The van der Waals surface area contributed by atoms with Crippen molar-refractivity contribution in [1.29, 1.82) is 0 Å². The van der Waals surface area contributed by atoms with Gasteiger partial charge in [-0.3, -0.25) is 4.79 Å². The van der Waals surface area contributed by atoms with Crippen molar-refractivity contribution in [2.45, 2.75) is 32.6 Å². The molecule has 0 bridgehead atoms. The lowest BCUT2D eigenvalue weighted by Crippen LogP contribution is -2.14. The van der Waals surface area contributed by atoms with E-state index in [1.807, 2.05) is 36.4 Å². The largest absolute Gasteiger partial charge is 0.369 e. The minimum atomic E-state index is -0.0511. The fourth-order valence-corrected chi connectivity index (χ4v) is 1.99. The summed E-state index contributed by atoms with van der Waals surface area (Å²) in [6, 6.07) is 13.5. The predicted molar refractivity (Wildman–Crippen MR) is 88.8 cm³/mol. The molecule has 0 atom stereocenters. The highest BCUT2D eigenvalue weighted by Crippen LogP contribution is 2.08. The molecule has 22 heavy (non-hydrogen) atoms. The molecule has 1 aromatic carbocycles. The molecule has 5 nitrogen and oxygen atoms in total. The van der Waals surface area contributed by atoms with Gasteiger partial charge in [0, 0.05) is 13.0 Å². The van der Waals surface area contributed by atoms with Crippen molar-refractivity contribution < 1.29 is 4.79 Å². The van der Waals surface area contributed by atoms with E-state index in [9.17, 15) is 4.79 Å². The van der Waals surface area contributed by atoms with Crippen molar-refractivity contribution in [3.63, 3.8) is 0 Å². The summed E-state index contributed by atoms with van der Waals surface area (Å²) in [5.74, 6) is 1.17. The number of amides is 1. The van der Waals surface area contributed by atoms with E-state index in [0.717, 1.165) is 37.2 Å². The smallest absolute Gasteiger partial charge is 0.225 e. The van der Waals surface area contributed by atoms with Crippen molar-refractivity contribution in [2.24, 2.45) is 0 Å². The quantitative estimate of drug-likeness (QED) is 0.734. The Hall–Kier alpha value is -2.43. The summed E-state index contributed by atoms with van der Waals surface area (Å²) >= 11 is 0. The van der Waals surface area contributed by atoms with Crippen LogP contribution < -0.4 is 10.6 Å². The van der Waals surface area contributed by atoms with Gasteiger partial charge in [-0.25, -0.2) is 0 Å². The molecular formula is C17H22N4O. The van der Waals surface area contributed by atoms with Crippen molar-refractivity contribution in [1.82, 2.24) is 10.2 Å². The molecule has 2 N–H and O–H groups in total. The second kappa shape index (κ2) is 8.77. The first-order valence-corrected chi connectivity index (χ1v) is 7.69. The number of benzene rings is 1. The lowest BCUT2D eigenvalue weighted by Gasteiger charge is -2.06. The number of rotatable bonds is 8. The molecule has 5 heteroatoms. The summed E-state index contributed by atoms with van der Waals surface area (Å²) in [7, 11) is 0. The highest BCUT2D eigenvalue weighted by Gasteiger charge is 2.04. The Morgan fingerprint density at radius 1 is 1.05 bits per heavy atom. The van der Waals surface area contributed by atoms with E-state index >= 15 is 0 Å². The summed E-state index contributed by atoms with van der Waals surface area (Å²) in [4.78, 5) is 11.9. The van der Waals surface area contributed by atoms with Crippen molar-refractivity contribution in [3.05, 3.63) is 48.0 Å². The van der Waals surface area contributed by atoms with Gasteiger partial charge in [0.25, 0.3) is 0 Å². The van der Waals surface area contributed by atoms with Crippen molar-refractivity contribution in [2.75, 3.05) is 17.2 Å². The molecule has 2 aromatic rings. The monoisotopic (exact) mass is 298 g/mol. The topological polar surface area (TPSA) is 66.9 Å². The molecule has 116 valence electrons. The molecule has 0 fully saturated rings. The molecule has 0 spiro atoms. The maximum atomic E-state index is 11.9. The Labute approximate surface area is 131 Å². The molecule has 0 aliphatic rings. The van der Waals surface area contributed by atoms with Crippen LogP contribution in [0.5, 0.6) is 0 Å². The Bertz CT molecular complexity index is 569. The number of unbranched alkanes of at least 4 members (excludes halogenated alkanes) is 1. The number of nitrogens with one attached hydrogen (secondary N) is 2. The van der Waals surface area contributed by atoms with E-state index in [2.05, 4.69) is 27.8 Å². The third-order valence-electron chi connectivity index (χ3n) is 3.25. The maximum absolute atomic E-state index is 11.9. The van der Waals surface area contributed by atoms with Gasteiger partial charge in [0.2, 0.25) is 5.91 Å². The molecule has 0 radical (unpaired) electrons. The van der Waals surface area contributed by atoms with Crippen LogP contribution in [-0.2, 0) is 11.2 Å². The van der Waals surface area contributed by atoms with E-state index < -0.39 is 0 Å². The Morgan fingerprint density at radius 3 is 2.45 bits per heavy atom. The summed E-state index contributed by atoms with van der Waals surface area (Å²) in [6.45, 7) is 3.02. The Morgan fingerprint density at radius 2 is 1.77 bits per heavy atom. The Balaban J connectivity index is 1.76. The van der Waals surface area contributed by atoms with Crippen LogP contribution in [0.2, 0.25) is 0 Å². The number of carbonyl (C=O) groups excluding carboxylic acids is 1. The number of hydrogen-bond donors (Lipinski definition) is 2. The first kappa shape index (κ1) is 15.9. The molecular weight excluding hydrogens is 276 g/mol. The van der Waals surface area contributed by atoms with Gasteiger partial charge in [-0.1, -0.05) is 43.7 Å². The van der Waals surface area contributed by atoms with Gasteiger partial charge < -0.3 is 10.6 Å². The van der Waals surface area contributed by atoms with Gasteiger partial charge in [-0.05, 0) is 30.5 Å². The average molecular weight is 298 g/mol. The molecule has 1 amide bonds. The van der Waals surface area contributed by atoms with E-state index in [0.29, 0.717) is 12.2 Å². The SMILES string of the molecule is CCCCNc1ccc(NC(=O)CCc2ccccc2)nn1. The lowest BCUT2D eigenvalue weighted by atomic mass is 10.1. The van der Waals surface area contributed by atoms with Gasteiger partial charge >= 0.3 is 0 Å². The van der Waals surface area contributed by atoms with Gasteiger partial charge in [0.15, 0.2) is 5.82 Å². The second-order valence-electron chi connectivity index (χ2n) is 5.12. The van der Waals surface area contributed by atoms with Crippen LogP contribution in [0, 0.1) is 0 Å². The third-order valence-corrected chi connectivity index (χ3v) is 3.25. The number of aryl methyl sites for hydroxylation is 1. The van der Waals surface area contributed by atoms with Crippen LogP contribution >= 0.6 is 0 Å². The fraction of sp³-hybridized carbons (Fsp3) is 0.353. The fourth-order valence-electron chi connectivity index (χ4n) is 1.99. The van der Waals surface area contributed by atoms with Gasteiger partial charge in [0.05, 0.1) is 0 Å². The third kappa shape index (κ3) is 5.52. The second-order valence-corrected chi connectivity index (χ2v) is 5.12. The Kier molecular flexibility index (Phi) is 6.36. The van der Waals surface area contributed by atoms with Crippen LogP contribution in [0.1, 0.15) is 31.7 Å². The number of aromatic nitrogens is 2. The minimum Gasteiger partial charge on any atom is -0.369 e. The average Bonchev–Trinajstić information content (AvgIpc) is 2.56. The standard InChI is InChI=1S/C17H22N4O/c1-2-3-13-18-15-10-11-16(21-20-15)19-17(22)12-9-14-7-5-4-6-8-14/h4-8,10-11H,2-3,9,12-13H2,1H3,(H,18,20)(H,19,21,22). The zero-order valence-electron chi connectivity index (χ0n) is 12.9. The molecule has 0 aliphatic heterocycles. The molecule has 0 saturated carbocycles. The highest BCUT2D eigenvalue weighted by atomic mass is 16.1. The number of hydrogen-bond acceptors (Lipinski definition) is 4. The predicted octanol–water partition coefficient (Wildman–Crippen LogP) is 3.26. The van der Waals surface area contributed by atoms with Crippen LogP contribution in [0.3, 0.4) is 0 Å². The van der Waals surface area contributed by atoms with Gasteiger partial charge in [0.1, 0.15) is 5.82 Å². The normalized spacial score (nSPS) is 10.2. The van der Waals surface area contributed by atoms with E-state index in [4.69, 9.17) is 0 Å². The highest BCUT2D eigenvalue weighted by molar-refractivity contribution is 5.89. The van der Waals surface area contributed by atoms with Crippen LogP contribution in [-0.4, -0.2) is 22.6 Å². The first-order valence-electron chi connectivity index (χ1n) is 7.69. The number of nitrogens with zero attached hydrogens (tertiary/aromatic N) is 2. The summed E-state index contributed by atoms with van der Waals surface area (Å²) in [5.41, 5.74) is 1.15. The van der Waals surface area contributed by atoms with E-state index in [1.165, 1.54) is 0 Å². The molecule has 0 saturated heterocycles. The maximum Gasteiger partial charge on any atom is 0.225 e. The summed E-state index contributed by atoms with van der Waals surface area (Å²) < 4.78 is 0. The van der Waals surface area contributed by atoms with E-state index in [1.54, 1.807) is 6.07 Å². The minimum absolute atomic E-state index is 0.0511. The van der Waals surface area contributed by atoms with Crippen LogP contribution in [0.25, 0.3) is 0 Å². The van der Waals surface area contributed by atoms with Gasteiger partial charge in [-0.15, -0.1) is 10.2 Å². The van der Waals surface area contributed by atoms with E-state index in [-0.39, 0.29) is 5.91 Å². The lowest BCUT2D eigenvalue weighted by molar-refractivity contribution is -0.116. The zero-order valence-corrected chi connectivity index (χ0v) is 12.9.